The Morgan fingerprint density at radius 3 is 2.88 bits per heavy atom. The van der Waals surface area contributed by atoms with Crippen LogP contribution in [0, 0.1) is 11.6 Å². The molecule has 0 bridgehead atoms. The lowest BCUT2D eigenvalue weighted by Gasteiger charge is -2.06. The Labute approximate surface area is 94.8 Å². The summed E-state index contributed by atoms with van der Waals surface area (Å²) in [7, 11) is 0. The van der Waals surface area contributed by atoms with Crippen LogP contribution in [0.25, 0.3) is 0 Å². The van der Waals surface area contributed by atoms with E-state index in [1.165, 1.54) is 6.39 Å². The zero-order valence-corrected chi connectivity index (χ0v) is 8.65. The topological polar surface area (TPSA) is 89.9 Å². The Morgan fingerprint density at radius 1 is 1.35 bits per heavy atom. The van der Waals surface area contributed by atoms with Gasteiger partial charge in [0.2, 0.25) is 6.39 Å². The van der Waals surface area contributed by atoms with Gasteiger partial charge in [0.05, 0.1) is 0 Å². The number of nitrogens with one attached hydrogen (secondary N) is 1. The van der Waals surface area contributed by atoms with Crippen molar-refractivity contribution >= 4 is 11.6 Å². The number of halogens is 2. The summed E-state index contributed by atoms with van der Waals surface area (Å²) in [6.45, 7) is 0.328. The van der Waals surface area contributed by atoms with E-state index < -0.39 is 11.6 Å². The predicted octanol–water partition coefficient (Wildman–Crippen LogP) is 0.980. The summed E-state index contributed by atoms with van der Waals surface area (Å²) in [6, 6.07) is 0.680. The van der Waals surface area contributed by atoms with Crippen LogP contribution in [0.2, 0.25) is 0 Å². The van der Waals surface area contributed by atoms with Crippen LogP contribution < -0.4 is 11.1 Å². The molecule has 0 amide bonds. The summed E-state index contributed by atoms with van der Waals surface area (Å²) in [5, 5.41) is 6.24. The highest BCUT2D eigenvalue weighted by molar-refractivity contribution is 5.44. The van der Waals surface area contributed by atoms with Gasteiger partial charge in [-0.1, -0.05) is 5.16 Å². The molecular formula is C9H9F2N5O. The van der Waals surface area contributed by atoms with Gasteiger partial charge in [-0.15, -0.1) is 0 Å². The normalized spacial score (nSPS) is 10.5. The molecule has 2 rings (SSSR count). The summed E-state index contributed by atoms with van der Waals surface area (Å²) in [5.74, 6) is -1.66. The molecule has 0 aliphatic carbocycles. The quantitative estimate of drug-likeness (QED) is 0.829. The first-order chi connectivity index (χ1) is 8.16. The highest BCUT2D eigenvalue weighted by Crippen LogP contribution is 2.16. The third-order valence-corrected chi connectivity index (χ3v) is 2.00. The van der Waals surface area contributed by atoms with Gasteiger partial charge in [-0.2, -0.15) is 4.98 Å². The average Bonchev–Trinajstić information content (AvgIpc) is 2.78. The fourth-order valence-electron chi connectivity index (χ4n) is 1.20. The number of hydrogen-bond acceptors (Lipinski definition) is 6. The Hall–Kier alpha value is -2.25. The number of nitrogens with two attached hydrogens (primary N) is 1. The maximum absolute atomic E-state index is 13.2. The molecule has 0 aliphatic rings. The molecule has 2 aromatic rings. The van der Waals surface area contributed by atoms with E-state index in [0.29, 0.717) is 24.9 Å². The summed E-state index contributed by atoms with van der Waals surface area (Å²) in [6.07, 6.45) is 1.62. The molecule has 0 atom stereocenters. The van der Waals surface area contributed by atoms with Gasteiger partial charge in [0.1, 0.15) is 0 Å². The average molecular weight is 241 g/mol. The van der Waals surface area contributed by atoms with Crippen molar-refractivity contribution in [2.75, 3.05) is 17.6 Å². The summed E-state index contributed by atoms with van der Waals surface area (Å²) < 4.78 is 30.6. The third kappa shape index (κ3) is 2.65. The minimum absolute atomic E-state index is 0.104. The Morgan fingerprint density at radius 2 is 2.18 bits per heavy atom. The van der Waals surface area contributed by atoms with Gasteiger partial charge in [-0.3, -0.25) is 0 Å². The second kappa shape index (κ2) is 4.73. The highest BCUT2D eigenvalue weighted by atomic mass is 19.1. The lowest BCUT2D eigenvalue weighted by molar-refractivity contribution is 0.410. The Balaban J connectivity index is 1.97. The van der Waals surface area contributed by atoms with Crippen molar-refractivity contribution in [3.05, 3.63) is 29.9 Å². The lowest BCUT2D eigenvalue weighted by atomic mass is 10.3. The van der Waals surface area contributed by atoms with E-state index >= 15 is 0 Å². The van der Waals surface area contributed by atoms with Crippen LogP contribution in [0.4, 0.5) is 20.4 Å². The molecule has 0 unspecified atom stereocenters. The smallest absolute Gasteiger partial charge is 0.213 e. The molecule has 0 aromatic carbocycles. The van der Waals surface area contributed by atoms with E-state index in [-0.39, 0.29) is 11.6 Å². The summed E-state index contributed by atoms with van der Waals surface area (Å²) in [4.78, 5) is 7.33. The SMILES string of the molecule is Nc1nc(NCCc2ncon2)c(F)cc1F. The number of nitrogens with zero attached hydrogens (tertiary/aromatic N) is 3. The monoisotopic (exact) mass is 241 g/mol. The van der Waals surface area contributed by atoms with E-state index in [0.717, 1.165) is 0 Å². The minimum atomic E-state index is -0.883. The van der Waals surface area contributed by atoms with Crippen molar-refractivity contribution in [2.45, 2.75) is 6.42 Å². The van der Waals surface area contributed by atoms with E-state index in [1.807, 2.05) is 0 Å². The first-order valence-corrected chi connectivity index (χ1v) is 4.77. The van der Waals surface area contributed by atoms with Crippen molar-refractivity contribution < 1.29 is 13.3 Å². The first kappa shape index (κ1) is 11.2. The first-order valence-electron chi connectivity index (χ1n) is 4.77. The number of nitrogen functional groups attached to an aromatic ring is 1. The zero-order valence-electron chi connectivity index (χ0n) is 8.65. The largest absolute Gasteiger partial charge is 0.381 e. The van der Waals surface area contributed by atoms with Gasteiger partial charge in [0.25, 0.3) is 0 Å². The number of pyridine rings is 1. The van der Waals surface area contributed by atoms with Crippen molar-refractivity contribution in [1.82, 2.24) is 15.1 Å². The Kier molecular flexibility index (Phi) is 3.12. The van der Waals surface area contributed by atoms with Crippen molar-refractivity contribution in [2.24, 2.45) is 0 Å². The van der Waals surface area contributed by atoms with Crippen LogP contribution >= 0.6 is 0 Å². The van der Waals surface area contributed by atoms with Crippen molar-refractivity contribution in [3.8, 4) is 0 Å². The van der Waals surface area contributed by atoms with Crippen molar-refractivity contribution in [1.29, 1.82) is 0 Å². The zero-order chi connectivity index (χ0) is 12.3. The van der Waals surface area contributed by atoms with E-state index in [4.69, 9.17) is 5.73 Å². The molecule has 17 heavy (non-hydrogen) atoms. The van der Waals surface area contributed by atoms with Gasteiger partial charge in [0, 0.05) is 19.0 Å². The third-order valence-electron chi connectivity index (χ3n) is 2.00. The number of anilines is 2. The van der Waals surface area contributed by atoms with Gasteiger partial charge >= 0.3 is 0 Å². The molecule has 0 radical (unpaired) electrons. The standard InChI is InChI=1S/C9H9F2N5O/c10-5-3-6(11)9(15-8(5)12)13-2-1-7-14-4-17-16-7/h3-4H,1-2H2,(H3,12,13,15). The molecule has 2 aromatic heterocycles. The molecule has 0 spiro atoms. The highest BCUT2D eigenvalue weighted by Gasteiger charge is 2.09. The van der Waals surface area contributed by atoms with Gasteiger partial charge < -0.3 is 15.6 Å². The second-order valence-electron chi connectivity index (χ2n) is 3.21. The second-order valence-corrected chi connectivity index (χ2v) is 3.21. The van der Waals surface area contributed by atoms with Crippen LogP contribution in [0.15, 0.2) is 17.0 Å². The molecular weight excluding hydrogens is 232 g/mol. The number of aromatic nitrogens is 3. The molecule has 0 saturated heterocycles. The van der Waals surface area contributed by atoms with E-state index in [9.17, 15) is 8.78 Å². The van der Waals surface area contributed by atoms with E-state index in [1.54, 1.807) is 0 Å². The molecule has 8 heteroatoms. The Bertz CT molecular complexity index is 502. The molecule has 90 valence electrons. The lowest BCUT2D eigenvalue weighted by Crippen LogP contribution is -2.10. The molecule has 0 saturated carbocycles. The number of rotatable bonds is 4. The fourth-order valence-corrected chi connectivity index (χ4v) is 1.20. The molecule has 6 nitrogen and oxygen atoms in total. The summed E-state index contributed by atoms with van der Waals surface area (Å²) >= 11 is 0. The van der Waals surface area contributed by atoms with Gasteiger partial charge in [-0.25, -0.2) is 13.8 Å². The molecule has 2 heterocycles. The van der Waals surface area contributed by atoms with Crippen LogP contribution in [0.5, 0.6) is 0 Å². The predicted molar refractivity (Wildman–Crippen MR) is 55.1 cm³/mol. The minimum Gasteiger partial charge on any atom is -0.381 e. The van der Waals surface area contributed by atoms with E-state index in [2.05, 4.69) is 25.0 Å². The van der Waals surface area contributed by atoms with Crippen molar-refractivity contribution in [3.63, 3.8) is 0 Å². The van der Waals surface area contributed by atoms with Crippen LogP contribution in [-0.2, 0) is 6.42 Å². The maximum atomic E-state index is 13.2. The fraction of sp³-hybridized carbons (Fsp3) is 0.222. The maximum Gasteiger partial charge on any atom is 0.213 e. The van der Waals surface area contributed by atoms with Crippen LogP contribution in [0.1, 0.15) is 5.82 Å². The van der Waals surface area contributed by atoms with Crippen LogP contribution in [0.3, 0.4) is 0 Å². The van der Waals surface area contributed by atoms with Gasteiger partial charge in [0.15, 0.2) is 29.1 Å². The van der Waals surface area contributed by atoms with Gasteiger partial charge in [-0.05, 0) is 0 Å². The molecule has 3 N–H and O–H groups in total. The molecule has 0 fully saturated rings. The van der Waals surface area contributed by atoms with Crippen LogP contribution in [-0.4, -0.2) is 21.7 Å². The number of hydrogen-bond donors (Lipinski definition) is 2. The summed E-state index contributed by atoms with van der Waals surface area (Å²) in [5.41, 5.74) is 5.22. The molecule has 0 aliphatic heterocycles.